The molecule has 1 aromatic rings. The van der Waals surface area contributed by atoms with Gasteiger partial charge >= 0.3 is 0 Å². The first-order valence-electron chi connectivity index (χ1n) is 4.89. The topological polar surface area (TPSA) is 33.2 Å². The molecule has 0 amide bonds. The summed E-state index contributed by atoms with van der Waals surface area (Å²) in [6, 6.07) is 0. The van der Waals surface area contributed by atoms with Gasteiger partial charge in [-0.3, -0.25) is 9.69 Å². The summed E-state index contributed by atoms with van der Waals surface area (Å²) in [5, 5.41) is 3.18. The predicted octanol–water partition coefficient (Wildman–Crippen LogP) is 1.62. The Hall–Kier alpha value is -0.740. The number of carbonyl (C=O) groups is 1. The normalized spacial score (nSPS) is 18.8. The molecule has 0 N–H and O–H groups in total. The van der Waals surface area contributed by atoms with E-state index in [1.165, 1.54) is 0 Å². The van der Waals surface area contributed by atoms with Gasteiger partial charge in [0.15, 0.2) is 0 Å². The van der Waals surface area contributed by atoms with Gasteiger partial charge in [-0.25, -0.2) is 4.98 Å². The maximum Gasteiger partial charge on any atom is 0.146 e. The van der Waals surface area contributed by atoms with Gasteiger partial charge < -0.3 is 0 Å². The predicted molar refractivity (Wildman–Crippen MR) is 56.4 cm³/mol. The van der Waals surface area contributed by atoms with Crippen LogP contribution in [0.2, 0.25) is 0 Å². The summed E-state index contributed by atoms with van der Waals surface area (Å²) in [6.45, 7) is 4.48. The molecule has 2 heterocycles. The summed E-state index contributed by atoms with van der Waals surface area (Å²) in [5.74, 6) is 0.365. The van der Waals surface area contributed by atoms with Gasteiger partial charge in [0.05, 0.1) is 13.1 Å². The van der Waals surface area contributed by atoms with Crippen LogP contribution in [0, 0.1) is 6.92 Å². The van der Waals surface area contributed by atoms with Crippen molar-refractivity contribution in [3.63, 3.8) is 0 Å². The van der Waals surface area contributed by atoms with E-state index in [4.69, 9.17) is 0 Å². The van der Waals surface area contributed by atoms with Gasteiger partial charge in [-0.2, -0.15) is 0 Å². The minimum absolute atomic E-state index is 0.365. The van der Waals surface area contributed by atoms with Crippen LogP contribution in [0.15, 0.2) is 5.38 Å². The van der Waals surface area contributed by atoms with Crippen LogP contribution in [0.5, 0.6) is 0 Å². The summed E-state index contributed by atoms with van der Waals surface area (Å²) < 4.78 is 0. The Morgan fingerprint density at radius 1 is 1.64 bits per heavy atom. The molecule has 1 aliphatic rings. The number of hydrogen-bond acceptors (Lipinski definition) is 4. The second kappa shape index (κ2) is 4.19. The number of hydrogen-bond donors (Lipinski definition) is 0. The molecule has 0 aromatic carbocycles. The SMILES string of the molecule is Cc1csc(CN2CCCC(=O)C2)n1. The number of aromatic nitrogens is 1. The summed E-state index contributed by atoms with van der Waals surface area (Å²) in [4.78, 5) is 17.8. The fourth-order valence-corrected chi connectivity index (χ4v) is 2.52. The summed E-state index contributed by atoms with van der Waals surface area (Å²) >= 11 is 1.68. The second-order valence-corrected chi connectivity index (χ2v) is 4.68. The van der Waals surface area contributed by atoms with Crippen LogP contribution in [0.3, 0.4) is 0 Å². The van der Waals surface area contributed by atoms with E-state index < -0.39 is 0 Å². The molecule has 1 aliphatic heterocycles. The van der Waals surface area contributed by atoms with Crippen molar-refractivity contribution in [3.05, 3.63) is 16.1 Å². The molecule has 1 aromatic heterocycles. The summed E-state index contributed by atoms with van der Waals surface area (Å²) in [5.41, 5.74) is 1.08. The van der Waals surface area contributed by atoms with Crippen molar-refractivity contribution < 1.29 is 4.79 Å². The standard InChI is InChI=1S/C10H14N2OS/c1-8-7-14-10(11-8)6-12-4-2-3-9(13)5-12/h7H,2-6H2,1H3. The van der Waals surface area contributed by atoms with E-state index in [-0.39, 0.29) is 0 Å². The molecule has 0 spiro atoms. The maximum absolute atomic E-state index is 11.2. The number of Topliss-reactive ketones (excluding diaryl/α,β-unsaturated/α-hetero) is 1. The average Bonchev–Trinajstić information content (AvgIpc) is 2.51. The average molecular weight is 210 g/mol. The lowest BCUT2D eigenvalue weighted by atomic mass is 10.1. The molecule has 0 unspecified atom stereocenters. The molecule has 3 nitrogen and oxygen atoms in total. The fourth-order valence-electron chi connectivity index (χ4n) is 1.71. The van der Waals surface area contributed by atoms with Gasteiger partial charge in [-0.15, -0.1) is 11.3 Å². The van der Waals surface area contributed by atoms with E-state index >= 15 is 0 Å². The molecule has 0 radical (unpaired) electrons. The Morgan fingerprint density at radius 3 is 3.14 bits per heavy atom. The largest absolute Gasteiger partial charge is 0.298 e. The first-order valence-corrected chi connectivity index (χ1v) is 5.77. The van der Waals surface area contributed by atoms with Gasteiger partial charge in [-0.05, 0) is 19.9 Å². The number of carbonyl (C=O) groups excluding carboxylic acids is 1. The minimum atomic E-state index is 0.365. The first-order chi connectivity index (χ1) is 6.74. The number of rotatable bonds is 2. The van der Waals surface area contributed by atoms with Crippen molar-refractivity contribution in [2.75, 3.05) is 13.1 Å². The number of ketones is 1. The lowest BCUT2D eigenvalue weighted by Crippen LogP contribution is -2.34. The Bertz CT molecular complexity index is 335. The van der Waals surface area contributed by atoms with Gasteiger partial charge in [0, 0.05) is 17.5 Å². The molecule has 14 heavy (non-hydrogen) atoms. The van der Waals surface area contributed by atoms with Crippen molar-refractivity contribution >= 4 is 17.1 Å². The zero-order valence-electron chi connectivity index (χ0n) is 8.32. The van der Waals surface area contributed by atoms with Crippen LogP contribution in [0.4, 0.5) is 0 Å². The van der Waals surface area contributed by atoms with Crippen LogP contribution in [0.1, 0.15) is 23.5 Å². The molecule has 1 saturated heterocycles. The highest BCUT2D eigenvalue weighted by Crippen LogP contribution is 2.14. The van der Waals surface area contributed by atoms with E-state index in [1.54, 1.807) is 11.3 Å². The van der Waals surface area contributed by atoms with Crippen LogP contribution in [0.25, 0.3) is 0 Å². The number of likely N-dealkylation sites (tertiary alicyclic amines) is 1. The molecule has 76 valence electrons. The van der Waals surface area contributed by atoms with E-state index in [0.717, 1.165) is 36.6 Å². The molecular weight excluding hydrogens is 196 g/mol. The van der Waals surface area contributed by atoms with Crippen LogP contribution >= 0.6 is 11.3 Å². The Balaban J connectivity index is 1.93. The molecule has 1 fully saturated rings. The monoisotopic (exact) mass is 210 g/mol. The maximum atomic E-state index is 11.2. The highest BCUT2D eigenvalue weighted by Gasteiger charge is 2.17. The van der Waals surface area contributed by atoms with E-state index in [2.05, 4.69) is 15.3 Å². The van der Waals surface area contributed by atoms with Gasteiger partial charge in [-0.1, -0.05) is 0 Å². The lowest BCUT2D eigenvalue weighted by molar-refractivity contribution is -0.122. The minimum Gasteiger partial charge on any atom is -0.298 e. The van der Waals surface area contributed by atoms with Crippen LogP contribution < -0.4 is 0 Å². The molecule has 0 bridgehead atoms. The summed E-state index contributed by atoms with van der Waals surface area (Å²) in [7, 11) is 0. The number of piperidine rings is 1. The lowest BCUT2D eigenvalue weighted by Gasteiger charge is -2.24. The highest BCUT2D eigenvalue weighted by molar-refractivity contribution is 7.09. The smallest absolute Gasteiger partial charge is 0.146 e. The number of aryl methyl sites for hydroxylation is 1. The Kier molecular flexibility index (Phi) is 2.93. The van der Waals surface area contributed by atoms with Crippen molar-refractivity contribution in [3.8, 4) is 0 Å². The van der Waals surface area contributed by atoms with Crippen molar-refractivity contribution in [1.82, 2.24) is 9.88 Å². The van der Waals surface area contributed by atoms with E-state index in [9.17, 15) is 4.79 Å². The number of thiazole rings is 1. The molecular formula is C10H14N2OS. The Labute approximate surface area is 87.8 Å². The third-order valence-electron chi connectivity index (χ3n) is 2.36. The zero-order chi connectivity index (χ0) is 9.97. The quantitative estimate of drug-likeness (QED) is 0.743. The van der Waals surface area contributed by atoms with Crippen molar-refractivity contribution in [1.29, 1.82) is 0 Å². The van der Waals surface area contributed by atoms with Gasteiger partial charge in [0.2, 0.25) is 0 Å². The van der Waals surface area contributed by atoms with Gasteiger partial charge in [0.25, 0.3) is 0 Å². The van der Waals surface area contributed by atoms with E-state index in [1.807, 2.05) is 6.92 Å². The van der Waals surface area contributed by atoms with Crippen molar-refractivity contribution in [2.45, 2.75) is 26.3 Å². The van der Waals surface area contributed by atoms with Crippen molar-refractivity contribution in [2.24, 2.45) is 0 Å². The van der Waals surface area contributed by atoms with Crippen LogP contribution in [-0.2, 0) is 11.3 Å². The molecule has 0 saturated carbocycles. The highest BCUT2D eigenvalue weighted by atomic mass is 32.1. The summed E-state index contributed by atoms with van der Waals surface area (Å²) in [6.07, 6.45) is 1.76. The number of nitrogens with zero attached hydrogens (tertiary/aromatic N) is 2. The van der Waals surface area contributed by atoms with Gasteiger partial charge in [0.1, 0.15) is 10.8 Å². The molecule has 4 heteroatoms. The third-order valence-corrected chi connectivity index (χ3v) is 3.31. The zero-order valence-corrected chi connectivity index (χ0v) is 9.14. The Morgan fingerprint density at radius 2 is 2.50 bits per heavy atom. The third kappa shape index (κ3) is 2.39. The molecule has 0 atom stereocenters. The first kappa shape index (κ1) is 9.80. The second-order valence-electron chi connectivity index (χ2n) is 3.74. The van der Waals surface area contributed by atoms with Crippen LogP contribution in [-0.4, -0.2) is 28.8 Å². The molecule has 2 rings (SSSR count). The fraction of sp³-hybridized carbons (Fsp3) is 0.600. The molecule has 0 aliphatic carbocycles. The van der Waals surface area contributed by atoms with E-state index in [0.29, 0.717) is 12.3 Å².